The van der Waals surface area contributed by atoms with Gasteiger partial charge in [-0.05, 0) is 44.5 Å². The third-order valence-corrected chi connectivity index (χ3v) is 4.89. The molecule has 2 aliphatic rings. The SMILES string of the molecule is CN(C)C1CCN(C(=O)[C@@H]2Cc3ccccc3CN2)CC1. The fourth-order valence-corrected chi connectivity index (χ4v) is 3.45. The third kappa shape index (κ3) is 3.11. The number of hydrogen-bond donors (Lipinski definition) is 1. The predicted molar refractivity (Wildman–Crippen MR) is 84.1 cm³/mol. The molecular formula is C17H25N3O. The topological polar surface area (TPSA) is 35.6 Å². The van der Waals surface area contributed by atoms with Crippen LogP contribution in [-0.4, -0.2) is 55.0 Å². The van der Waals surface area contributed by atoms with E-state index >= 15 is 0 Å². The normalized spacial score (nSPS) is 23.2. The molecule has 0 bridgehead atoms. The second kappa shape index (κ2) is 6.16. The Morgan fingerprint density at radius 3 is 2.52 bits per heavy atom. The first-order chi connectivity index (χ1) is 10.1. The lowest BCUT2D eigenvalue weighted by molar-refractivity contribution is -0.135. The molecule has 0 aromatic heterocycles. The average molecular weight is 287 g/mol. The number of nitrogens with zero attached hydrogens (tertiary/aromatic N) is 2. The average Bonchev–Trinajstić information content (AvgIpc) is 2.54. The van der Waals surface area contributed by atoms with Crippen LogP contribution in [0, 0.1) is 0 Å². The molecule has 3 rings (SSSR count). The minimum Gasteiger partial charge on any atom is -0.341 e. The summed E-state index contributed by atoms with van der Waals surface area (Å²) in [6.07, 6.45) is 2.99. The van der Waals surface area contributed by atoms with E-state index in [2.05, 4.69) is 48.6 Å². The Morgan fingerprint density at radius 1 is 1.19 bits per heavy atom. The fourth-order valence-electron chi connectivity index (χ4n) is 3.45. The van der Waals surface area contributed by atoms with Crippen molar-refractivity contribution in [3.05, 3.63) is 35.4 Å². The summed E-state index contributed by atoms with van der Waals surface area (Å²) in [6, 6.07) is 8.99. The van der Waals surface area contributed by atoms with Gasteiger partial charge in [0.25, 0.3) is 0 Å². The van der Waals surface area contributed by atoms with Crippen molar-refractivity contribution < 1.29 is 4.79 Å². The largest absolute Gasteiger partial charge is 0.341 e. The molecule has 0 spiro atoms. The van der Waals surface area contributed by atoms with E-state index in [1.165, 1.54) is 11.1 Å². The van der Waals surface area contributed by atoms with Gasteiger partial charge in [0.2, 0.25) is 5.91 Å². The quantitative estimate of drug-likeness (QED) is 0.889. The van der Waals surface area contributed by atoms with E-state index in [-0.39, 0.29) is 11.9 Å². The number of amides is 1. The lowest BCUT2D eigenvalue weighted by Gasteiger charge is -2.37. The molecule has 0 radical (unpaired) electrons. The zero-order valence-corrected chi connectivity index (χ0v) is 13.0. The van der Waals surface area contributed by atoms with Crippen LogP contribution in [0.15, 0.2) is 24.3 Å². The highest BCUT2D eigenvalue weighted by Crippen LogP contribution is 2.20. The lowest BCUT2D eigenvalue weighted by atomic mass is 9.94. The highest BCUT2D eigenvalue weighted by atomic mass is 16.2. The van der Waals surface area contributed by atoms with E-state index < -0.39 is 0 Å². The standard InChI is InChI=1S/C17H25N3O/c1-19(2)15-7-9-20(10-8-15)17(21)16-11-13-5-3-4-6-14(13)12-18-16/h3-6,15-16,18H,7-12H2,1-2H3/t16-/m0/s1. The first kappa shape index (κ1) is 14.5. The van der Waals surface area contributed by atoms with Crippen molar-refractivity contribution in [3.63, 3.8) is 0 Å². The van der Waals surface area contributed by atoms with E-state index in [4.69, 9.17) is 0 Å². The molecule has 4 nitrogen and oxygen atoms in total. The fraction of sp³-hybridized carbons (Fsp3) is 0.588. The minimum atomic E-state index is -0.0455. The number of benzene rings is 1. The molecule has 0 aliphatic carbocycles. The zero-order valence-electron chi connectivity index (χ0n) is 13.0. The van der Waals surface area contributed by atoms with E-state index in [9.17, 15) is 4.79 Å². The number of nitrogens with one attached hydrogen (secondary N) is 1. The van der Waals surface area contributed by atoms with Crippen LogP contribution < -0.4 is 5.32 Å². The summed E-state index contributed by atoms with van der Waals surface area (Å²) in [6.45, 7) is 2.59. The lowest BCUT2D eigenvalue weighted by Crippen LogP contribution is -2.53. The highest BCUT2D eigenvalue weighted by Gasteiger charge is 2.30. The van der Waals surface area contributed by atoms with Crippen LogP contribution in [0.2, 0.25) is 0 Å². The summed E-state index contributed by atoms with van der Waals surface area (Å²) < 4.78 is 0. The van der Waals surface area contributed by atoms with Gasteiger partial charge in [-0.3, -0.25) is 4.79 Å². The van der Waals surface area contributed by atoms with E-state index in [1.54, 1.807) is 0 Å². The van der Waals surface area contributed by atoms with Crippen molar-refractivity contribution in [3.8, 4) is 0 Å². The first-order valence-corrected chi connectivity index (χ1v) is 7.90. The molecule has 4 heteroatoms. The molecule has 1 saturated heterocycles. The van der Waals surface area contributed by atoms with Gasteiger partial charge in [0, 0.05) is 25.7 Å². The van der Waals surface area contributed by atoms with Gasteiger partial charge < -0.3 is 15.1 Å². The predicted octanol–water partition coefficient (Wildman–Crippen LogP) is 1.25. The number of rotatable bonds is 2. The van der Waals surface area contributed by atoms with Crippen molar-refractivity contribution in [2.75, 3.05) is 27.2 Å². The van der Waals surface area contributed by atoms with Crippen LogP contribution >= 0.6 is 0 Å². The second-order valence-corrected chi connectivity index (χ2v) is 6.43. The summed E-state index contributed by atoms with van der Waals surface area (Å²) >= 11 is 0. The summed E-state index contributed by atoms with van der Waals surface area (Å²) in [4.78, 5) is 17.0. The Kier molecular flexibility index (Phi) is 4.27. The van der Waals surface area contributed by atoms with E-state index in [0.717, 1.165) is 38.9 Å². The summed E-state index contributed by atoms with van der Waals surface area (Å²) in [7, 11) is 4.25. The van der Waals surface area contributed by atoms with Crippen LogP contribution in [0.4, 0.5) is 0 Å². The molecule has 21 heavy (non-hydrogen) atoms. The highest BCUT2D eigenvalue weighted by molar-refractivity contribution is 5.82. The van der Waals surface area contributed by atoms with Crippen molar-refractivity contribution in [1.29, 1.82) is 0 Å². The van der Waals surface area contributed by atoms with Crippen LogP contribution in [-0.2, 0) is 17.8 Å². The van der Waals surface area contributed by atoms with Gasteiger partial charge in [0.05, 0.1) is 6.04 Å². The molecule has 1 atom stereocenters. The molecule has 1 amide bonds. The molecule has 0 unspecified atom stereocenters. The van der Waals surface area contributed by atoms with Gasteiger partial charge in [-0.15, -0.1) is 0 Å². The Morgan fingerprint density at radius 2 is 1.86 bits per heavy atom. The molecule has 2 heterocycles. The second-order valence-electron chi connectivity index (χ2n) is 6.43. The molecular weight excluding hydrogens is 262 g/mol. The zero-order chi connectivity index (χ0) is 14.8. The van der Waals surface area contributed by atoms with Crippen LogP contribution in [0.1, 0.15) is 24.0 Å². The Hall–Kier alpha value is -1.39. The van der Waals surface area contributed by atoms with Crippen molar-refractivity contribution in [2.45, 2.75) is 37.9 Å². The first-order valence-electron chi connectivity index (χ1n) is 7.90. The van der Waals surface area contributed by atoms with Gasteiger partial charge in [0.15, 0.2) is 0 Å². The number of likely N-dealkylation sites (tertiary alicyclic amines) is 1. The van der Waals surface area contributed by atoms with Gasteiger partial charge in [-0.25, -0.2) is 0 Å². The maximum Gasteiger partial charge on any atom is 0.240 e. The summed E-state index contributed by atoms with van der Waals surface area (Å²) in [5.41, 5.74) is 2.64. The van der Waals surface area contributed by atoms with Crippen molar-refractivity contribution in [2.24, 2.45) is 0 Å². The monoisotopic (exact) mass is 287 g/mol. The van der Waals surface area contributed by atoms with Gasteiger partial charge in [-0.1, -0.05) is 24.3 Å². The molecule has 1 fully saturated rings. The van der Waals surface area contributed by atoms with E-state index in [0.29, 0.717) is 6.04 Å². The molecule has 1 aromatic rings. The Bertz CT molecular complexity index is 507. The van der Waals surface area contributed by atoms with Crippen LogP contribution in [0.3, 0.4) is 0 Å². The minimum absolute atomic E-state index is 0.0455. The molecule has 1 N–H and O–H groups in total. The molecule has 1 aromatic carbocycles. The van der Waals surface area contributed by atoms with Crippen molar-refractivity contribution in [1.82, 2.24) is 15.1 Å². The number of hydrogen-bond acceptors (Lipinski definition) is 3. The summed E-state index contributed by atoms with van der Waals surface area (Å²) in [5.74, 6) is 0.279. The van der Waals surface area contributed by atoms with Gasteiger partial charge in [-0.2, -0.15) is 0 Å². The molecule has 0 saturated carbocycles. The maximum absolute atomic E-state index is 12.7. The number of piperidine rings is 1. The van der Waals surface area contributed by atoms with Crippen LogP contribution in [0.5, 0.6) is 0 Å². The van der Waals surface area contributed by atoms with Gasteiger partial charge in [0.1, 0.15) is 0 Å². The third-order valence-electron chi connectivity index (χ3n) is 4.89. The van der Waals surface area contributed by atoms with Crippen LogP contribution in [0.25, 0.3) is 0 Å². The summed E-state index contributed by atoms with van der Waals surface area (Å²) in [5, 5.41) is 3.40. The molecule has 2 aliphatic heterocycles. The number of carbonyl (C=O) groups is 1. The number of carbonyl (C=O) groups excluding carboxylic acids is 1. The molecule has 114 valence electrons. The smallest absolute Gasteiger partial charge is 0.240 e. The Balaban J connectivity index is 1.60. The van der Waals surface area contributed by atoms with Crippen molar-refractivity contribution >= 4 is 5.91 Å². The maximum atomic E-state index is 12.7. The van der Waals surface area contributed by atoms with Gasteiger partial charge >= 0.3 is 0 Å². The Labute approximate surface area is 127 Å². The number of fused-ring (bicyclic) bond motifs is 1. The van der Waals surface area contributed by atoms with E-state index in [1.807, 2.05) is 4.90 Å².